The zero-order chi connectivity index (χ0) is 17.2. The van der Waals surface area contributed by atoms with Crippen molar-refractivity contribution >= 4 is 18.2 Å². The fourth-order valence-electron chi connectivity index (χ4n) is 4.02. The lowest BCUT2D eigenvalue weighted by Gasteiger charge is -2.38. The number of carbonyl (C=O) groups excluding carboxylic acids is 3. The summed E-state index contributed by atoms with van der Waals surface area (Å²) in [5.41, 5.74) is 5.75. The van der Waals surface area contributed by atoms with Crippen LogP contribution in [0.4, 0.5) is 0 Å². The summed E-state index contributed by atoms with van der Waals surface area (Å²) in [4.78, 5) is 39.8. The molecule has 6 nitrogen and oxygen atoms in total. The van der Waals surface area contributed by atoms with Gasteiger partial charge in [-0.05, 0) is 31.2 Å². The Morgan fingerprint density at radius 3 is 2.62 bits per heavy atom. The molecule has 0 radical (unpaired) electrons. The number of amides is 3. The molecule has 3 amide bonds. The number of nitrogens with zero attached hydrogens (tertiary/aromatic N) is 2. The molecular weight excluding hydrogens is 306 g/mol. The fraction of sp³-hybridized carbons (Fsp3) is 0.500. The second kappa shape index (κ2) is 6.63. The van der Waals surface area contributed by atoms with Crippen molar-refractivity contribution in [1.29, 1.82) is 0 Å². The van der Waals surface area contributed by atoms with Gasteiger partial charge in [0.2, 0.25) is 18.2 Å². The van der Waals surface area contributed by atoms with Gasteiger partial charge in [-0.25, -0.2) is 0 Å². The smallest absolute Gasteiger partial charge is 0.246 e. The van der Waals surface area contributed by atoms with E-state index in [1.807, 2.05) is 30.3 Å². The molecule has 3 rings (SSSR count). The SMILES string of the molecule is NC(=O)C1(Cc2ccccc2)CCCN1C(=O)C1CCCN1C=O. The molecule has 1 aromatic carbocycles. The summed E-state index contributed by atoms with van der Waals surface area (Å²) in [6, 6.07) is 9.16. The second-order valence-corrected chi connectivity index (χ2v) is 6.65. The third-order valence-corrected chi connectivity index (χ3v) is 5.27. The van der Waals surface area contributed by atoms with Crippen LogP contribution in [-0.4, -0.2) is 52.7 Å². The summed E-state index contributed by atoms with van der Waals surface area (Å²) < 4.78 is 0. The van der Waals surface area contributed by atoms with E-state index in [-0.39, 0.29) is 5.91 Å². The van der Waals surface area contributed by atoms with Crippen molar-refractivity contribution in [2.75, 3.05) is 13.1 Å². The van der Waals surface area contributed by atoms with Gasteiger partial charge >= 0.3 is 0 Å². The molecule has 2 fully saturated rings. The third kappa shape index (κ3) is 2.77. The van der Waals surface area contributed by atoms with E-state index >= 15 is 0 Å². The lowest BCUT2D eigenvalue weighted by atomic mass is 9.87. The number of primary amides is 1. The van der Waals surface area contributed by atoms with Gasteiger partial charge in [-0.2, -0.15) is 0 Å². The highest BCUT2D eigenvalue weighted by Gasteiger charge is 2.50. The Morgan fingerprint density at radius 1 is 1.21 bits per heavy atom. The Morgan fingerprint density at radius 2 is 1.96 bits per heavy atom. The first kappa shape index (κ1) is 16.5. The van der Waals surface area contributed by atoms with E-state index in [1.54, 1.807) is 4.90 Å². The maximum atomic E-state index is 13.0. The van der Waals surface area contributed by atoms with Crippen molar-refractivity contribution < 1.29 is 14.4 Å². The highest BCUT2D eigenvalue weighted by molar-refractivity contribution is 5.94. The van der Waals surface area contributed by atoms with Crippen LogP contribution in [0.1, 0.15) is 31.2 Å². The molecule has 2 unspecified atom stereocenters. The average Bonchev–Trinajstić information content (AvgIpc) is 3.22. The van der Waals surface area contributed by atoms with Gasteiger partial charge in [0, 0.05) is 19.5 Å². The number of rotatable bonds is 5. The van der Waals surface area contributed by atoms with Gasteiger partial charge in [0.15, 0.2) is 0 Å². The van der Waals surface area contributed by atoms with Gasteiger partial charge in [-0.3, -0.25) is 14.4 Å². The van der Waals surface area contributed by atoms with Crippen LogP contribution in [0.2, 0.25) is 0 Å². The predicted molar refractivity (Wildman–Crippen MR) is 88.8 cm³/mol. The first-order valence-corrected chi connectivity index (χ1v) is 8.45. The molecule has 128 valence electrons. The largest absolute Gasteiger partial charge is 0.368 e. The number of nitrogens with two attached hydrogens (primary N) is 1. The van der Waals surface area contributed by atoms with Gasteiger partial charge in [-0.1, -0.05) is 30.3 Å². The molecule has 2 atom stereocenters. The molecule has 6 heteroatoms. The molecule has 2 N–H and O–H groups in total. The Kier molecular flexibility index (Phi) is 4.55. The first-order valence-electron chi connectivity index (χ1n) is 8.45. The number of hydrogen-bond donors (Lipinski definition) is 1. The van der Waals surface area contributed by atoms with Crippen LogP contribution in [0, 0.1) is 0 Å². The average molecular weight is 329 g/mol. The highest BCUT2D eigenvalue weighted by atomic mass is 16.2. The van der Waals surface area contributed by atoms with Crippen molar-refractivity contribution in [2.45, 2.75) is 43.7 Å². The maximum Gasteiger partial charge on any atom is 0.246 e. The molecule has 2 saturated heterocycles. The molecule has 1 aromatic rings. The zero-order valence-corrected chi connectivity index (χ0v) is 13.7. The summed E-state index contributed by atoms with van der Waals surface area (Å²) in [6.45, 7) is 1.10. The topological polar surface area (TPSA) is 83.7 Å². The number of benzene rings is 1. The Labute approximate surface area is 141 Å². The van der Waals surface area contributed by atoms with Crippen LogP contribution in [0.5, 0.6) is 0 Å². The van der Waals surface area contributed by atoms with Crippen LogP contribution in [-0.2, 0) is 20.8 Å². The van der Waals surface area contributed by atoms with E-state index < -0.39 is 17.5 Å². The van der Waals surface area contributed by atoms with E-state index in [4.69, 9.17) is 5.73 Å². The maximum absolute atomic E-state index is 13.0. The fourth-order valence-corrected chi connectivity index (χ4v) is 4.02. The first-order chi connectivity index (χ1) is 11.6. The Balaban J connectivity index is 1.89. The van der Waals surface area contributed by atoms with Gasteiger partial charge < -0.3 is 15.5 Å². The number of carbonyl (C=O) groups is 3. The van der Waals surface area contributed by atoms with Crippen molar-refractivity contribution in [3.05, 3.63) is 35.9 Å². The lowest BCUT2D eigenvalue weighted by Crippen LogP contribution is -2.60. The van der Waals surface area contributed by atoms with Crippen LogP contribution in [0.15, 0.2) is 30.3 Å². The van der Waals surface area contributed by atoms with E-state index in [9.17, 15) is 14.4 Å². The molecule has 0 aliphatic carbocycles. The van der Waals surface area contributed by atoms with Crippen molar-refractivity contribution in [3.8, 4) is 0 Å². The zero-order valence-electron chi connectivity index (χ0n) is 13.7. The van der Waals surface area contributed by atoms with E-state index in [1.165, 1.54) is 4.90 Å². The predicted octanol–water partition coefficient (Wildman–Crippen LogP) is 0.696. The number of likely N-dealkylation sites (tertiary alicyclic amines) is 2. The van der Waals surface area contributed by atoms with Crippen molar-refractivity contribution in [1.82, 2.24) is 9.80 Å². The van der Waals surface area contributed by atoms with Crippen LogP contribution < -0.4 is 5.73 Å². The summed E-state index contributed by atoms with van der Waals surface area (Å²) >= 11 is 0. The summed E-state index contributed by atoms with van der Waals surface area (Å²) in [5.74, 6) is -0.611. The van der Waals surface area contributed by atoms with Crippen LogP contribution in [0.25, 0.3) is 0 Å². The summed E-state index contributed by atoms with van der Waals surface area (Å²) in [5, 5.41) is 0. The van der Waals surface area contributed by atoms with Crippen molar-refractivity contribution in [2.24, 2.45) is 5.73 Å². The minimum atomic E-state index is -0.990. The highest BCUT2D eigenvalue weighted by Crippen LogP contribution is 2.34. The van der Waals surface area contributed by atoms with Crippen LogP contribution >= 0.6 is 0 Å². The Bertz CT molecular complexity index is 634. The lowest BCUT2D eigenvalue weighted by molar-refractivity contribution is -0.148. The quantitative estimate of drug-likeness (QED) is 0.807. The molecule has 0 saturated carbocycles. The molecule has 0 bridgehead atoms. The van der Waals surface area contributed by atoms with E-state index in [0.29, 0.717) is 32.4 Å². The molecule has 0 spiro atoms. The molecule has 24 heavy (non-hydrogen) atoms. The second-order valence-electron chi connectivity index (χ2n) is 6.65. The van der Waals surface area contributed by atoms with Gasteiger partial charge in [0.25, 0.3) is 0 Å². The van der Waals surface area contributed by atoms with E-state index in [0.717, 1.165) is 24.8 Å². The van der Waals surface area contributed by atoms with Crippen molar-refractivity contribution in [3.63, 3.8) is 0 Å². The molecule has 2 aliphatic rings. The standard InChI is InChI=1S/C18H23N3O3/c19-17(24)18(12-14-6-2-1-3-7-14)9-5-11-21(18)16(23)15-8-4-10-20(15)13-22/h1-3,6-7,13,15H,4-5,8-12H2,(H2,19,24). The monoisotopic (exact) mass is 329 g/mol. The minimum absolute atomic E-state index is 0.146. The molecule has 2 aliphatic heterocycles. The number of hydrogen-bond acceptors (Lipinski definition) is 3. The van der Waals surface area contributed by atoms with Gasteiger partial charge in [-0.15, -0.1) is 0 Å². The summed E-state index contributed by atoms with van der Waals surface area (Å²) in [7, 11) is 0. The summed E-state index contributed by atoms with van der Waals surface area (Å²) in [6.07, 6.45) is 3.92. The normalized spacial score (nSPS) is 26.6. The minimum Gasteiger partial charge on any atom is -0.368 e. The molecule has 0 aromatic heterocycles. The molecule has 2 heterocycles. The Hall–Kier alpha value is -2.37. The molecular formula is C18H23N3O3. The third-order valence-electron chi connectivity index (χ3n) is 5.27. The van der Waals surface area contributed by atoms with Gasteiger partial charge in [0.05, 0.1) is 0 Å². The van der Waals surface area contributed by atoms with E-state index in [2.05, 4.69) is 0 Å². The van der Waals surface area contributed by atoms with Gasteiger partial charge in [0.1, 0.15) is 11.6 Å². The van der Waals surface area contributed by atoms with Crippen LogP contribution in [0.3, 0.4) is 0 Å².